The Kier molecular flexibility index (Phi) is 10.2. The van der Waals surface area contributed by atoms with E-state index < -0.39 is 23.5 Å². The normalized spacial score (nSPS) is 12.0. The lowest BCUT2D eigenvalue weighted by Crippen LogP contribution is -2.07. The van der Waals surface area contributed by atoms with Crippen molar-refractivity contribution >= 4 is 21.8 Å². The number of hydrogen-bond acceptors (Lipinski definition) is 3. The van der Waals surface area contributed by atoms with Crippen LogP contribution in [0.25, 0.3) is 95.0 Å². The summed E-state index contributed by atoms with van der Waals surface area (Å²) in [5.74, 6) is 1.22. The van der Waals surface area contributed by atoms with Gasteiger partial charge in [0.2, 0.25) is 0 Å². The van der Waals surface area contributed by atoms with Gasteiger partial charge in [0.15, 0.2) is 17.5 Å². The van der Waals surface area contributed by atoms with Crippen LogP contribution in [-0.4, -0.2) is 19.5 Å². The van der Waals surface area contributed by atoms with Crippen LogP contribution in [0.15, 0.2) is 182 Å². The highest BCUT2D eigenvalue weighted by Gasteiger charge is 2.34. The van der Waals surface area contributed by atoms with Crippen LogP contribution in [0, 0.1) is 13.8 Å². The smallest absolute Gasteiger partial charge is 0.308 e. The summed E-state index contributed by atoms with van der Waals surface area (Å²) in [5, 5.41) is 1.47. The molecule has 0 aliphatic carbocycles. The summed E-state index contributed by atoms with van der Waals surface area (Å²) in [6, 6.07) is 53.3. The van der Waals surface area contributed by atoms with Gasteiger partial charge in [0.1, 0.15) is 0 Å². The second-order valence-corrected chi connectivity index (χ2v) is 16.0. The van der Waals surface area contributed by atoms with E-state index in [2.05, 4.69) is 4.57 Å². The van der Waals surface area contributed by atoms with Gasteiger partial charge in [0.25, 0.3) is 0 Å². The molecule has 318 valence electrons. The van der Waals surface area contributed by atoms with E-state index in [1.54, 1.807) is 25.1 Å². The minimum atomic E-state index is -4.59. The summed E-state index contributed by atoms with van der Waals surface area (Å²) in [4.78, 5) is 15.0. The summed E-state index contributed by atoms with van der Waals surface area (Å²) in [6.07, 6.45) is -9.16. The first kappa shape index (κ1) is 41.2. The highest BCUT2D eigenvalue weighted by molar-refractivity contribution is 6.12. The maximum Gasteiger partial charge on any atom is 0.417 e. The predicted octanol–water partition coefficient (Wildman–Crippen LogP) is 15.6. The second kappa shape index (κ2) is 16.1. The summed E-state index contributed by atoms with van der Waals surface area (Å²) < 4.78 is 88.0. The molecular formula is C55H36F6N4. The first-order valence-corrected chi connectivity index (χ1v) is 20.8. The zero-order chi connectivity index (χ0) is 45.0. The second-order valence-electron chi connectivity index (χ2n) is 16.0. The molecule has 0 aliphatic heterocycles. The third kappa shape index (κ3) is 7.81. The Morgan fingerprint density at radius 3 is 1.43 bits per heavy atom. The summed E-state index contributed by atoms with van der Waals surface area (Å²) >= 11 is 0. The van der Waals surface area contributed by atoms with Crippen LogP contribution >= 0.6 is 0 Å². The molecule has 0 atom stereocenters. The molecule has 0 aliphatic rings. The van der Waals surface area contributed by atoms with E-state index >= 15 is 0 Å². The molecule has 0 fully saturated rings. The van der Waals surface area contributed by atoms with E-state index in [0.29, 0.717) is 67.4 Å². The predicted molar refractivity (Wildman–Crippen MR) is 246 cm³/mol. The van der Waals surface area contributed by atoms with Crippen LogP contribution in [-0.2, 0) is 12.4 Å². The molecule has 0 unspecified atom stereocenters. The van der Waals surface area contributed by atoms with Crippen molar-refractivity contribution in [3.8, 4) is 73.2 Å². The number of aryl methyl sites for hydroxylation is 2. The Labute approximate surface area is 370 Å². The number of aromatic nitrogens is 4. The van der Waals surface area contributed by atoms with Crippen LogP contribution in [0.3, 0.4) is 0 Å². The van der Waals surface area contributed by atoms with Gasteiger partial charge in [-0.05, 0) is 84.6 Å². The number of rotatable bonds is 7. The van der Waals surface area contributed by atoms with E-state index in [1.165, 1.54) is 18.2 Å². The molecule has 0 spiro atoms. The van der Waals surface area contributed by atoms with Gasteiger partial charge >= 0.3 is 12.4 Å². The molecule has 0 saturated carbocycles. The first-order chi connectivity index (χ1) is 31.3. The minimum absolute atomic E-state index is 0.0547. The van der Waals surface area contributed by atoms with Crippen molar-refractivity contribution in [1.29, 1.82) is 0 Å². The summed E-state index contributed by atoms with van der Waals surface area (Å²) in [5.41, 5.74) is 7.19. The fraction of sp³-hybridized carbons (Fsp3) is 0.0727. The average molecular weight is 867 g/mol. The Morgan fingerprint density at radius 2 is 0.862 bits per heavy atom. The average Bonchev–Trinajstić information content (AvgIpc) is 3.64. The van der Waals surface area contributed by atoms with Gasteiger partial charge in [-0.1, -0.05) is 145 Å². The number of hydrogen-bond donors (Lipinski definition) is 0. The minimum Gasteiger partial charge on any atom is -0.308 e. The molecule has 10 rings (SSSR count). The molecular weight excluding hydrogens is 831 g/mol. The fourth-order valence-electron chi connectivity index (χ4n) is 8.48. The van der Waals surface area contributed by atoms with Crippen molar-refractivity contribution < 1.29 is 26.3 Å². The molecule has 0 bridgehead atoms. The van der Waals surface area contributed by atoms with Crippen molar-refractivity contribution in [2.45, 2.75) is 26.2 Å². The van der Waals surface area contributed by atoms with Gasteiger partial charge in [-0.2, -0.15) is 26.3 Å². The summed E-state index contributed by atoms with van der Waals surface area (Å²) in [6.45, 7) is 3.62. The van der Waals surface area contributed by atoms with Crippen molar-refractivity contribution in [3.05, 3.63) is 204 Å². The molecule has 0 radical (unpaired) electrons. The molecule has 65 heavy (non-hydrogen) atoms. The van der Waals surface area contributed by atoms with Crippen LogP contribution in [0.2, 0.25) is 0 Å². The number of nitrogens with zero attached hydrogens (tertiary/aromatic N) is 4. The Morgan fingerprint density at radius 1 is 0.369 bits per heavy atom. The quantitative estimate of drug-likeness (QED) is 0.150. The van der Waals surface area contributed by atoms with Crippen LogP contribution in [0.5, 0.6) is 0 Å². The zero-order valence-corrected chi connectivity index (χ0v) is 34.9. The number of alkyl halides is 6. The topological polar surface area (TPSA) is 43.6 Å². The Balaban J connectivity index is 1.30. The standard InChI is InChI=1S/C55H36F6N4/c1-33-17-20-35(21-18-33)44-31-40(53-63-51(37-11-5-3-6-12-37)62-52(64-53)38-13-7-4-8-14-38)32-45(36-22-25-41(26-23-36)54(56,57)58)50(44)65-48-16-10-9-15-43(48)46-30-39(24-28-49(46)65)42-27-19-34(2)29-47(42)55(59,60)61/h3-32H,1-2H3. The molecule has 2 heterocycles. The van der Waals surface area contributed by atoms with Gasteiger partial charge in [-0.15, -0.1) is 0 Å². The third-order valence-electron chi connectivity index (χ3n) is 11.6. The number of fused-ring (bicyclic) bond motifs is 3. The van der Waals surface area contributed by atoms with Crippen molar-refractivity contribution in [1.82, 2.24) is 19.5 Å². The largest absolute Gasteiger partial charge is 0.417 e. The van der Waals surface area contributed by atoms with Crippen LogP contribution in [0.4, 0.5) is 26.3 Å². The van der Waals surface area contributed by atoms with E-state index in [1.807, 2.05) is 134 Å². The van der Waals surface area contributed by atoms with Gasteiger partial charge in [0.05, 0.1) is 27.8 Å². The highest BCUT2D eigenvalue weighted by Crippen LogP contribution is 2.46. The number of halogens is 6. The van der Waals surface area contributed by atoms with Crippen LogP contribution in [0.1, 0.15) is 22.3 Å². The Hall–Kier alpha value is -7.85. The SMILES string of the molecule is Cc1ccc(-c2cc(-c3nc(-c4ccccc4)nc(-c4ccccc4)n3)cc(-c3ccc(C(F)(F)F)cc3)c2-n2c3ccccc3c3cc(-c4ccc(C)cc4C(F)(F)F)ccc32)cc1. The molecule has 8 aromatic carbocycles. The number of para-hydroxylation sites is 1. The number of benzene rings is 8. The molecule has 0 N–H and O–H groups in total. The first-order valence-electron chi connectivity index (χ1n) is 20.8. The maximum atomic E-state index is 14.5. The molecule has 10 aromatic rings. The molecule has 2 aromatic heterocycles. The van der Waals surface area contributed by atoms with E-state index in [9.17, 15) is 26.3 Å². The van der Waals surface area contributed by atoms with Gasteiger partial charge in [-0.3, -0.25) is 0 Å². The highest BCUT2D eigenvalue weighted by atomic mass is 19.4. The fourth-order valence-corrected chi connectivity index (χ4v) is 8.48. The molecule has 0 saturated heterocycles. The van der Waals surface area contributed by atoms with E-state index in [0.717, 1.165) is 51.4 Å². The monoisotopic (exact) mass is 866 g/mol. The maximum absolute atomic E-state index is 14.5. The lowest BCUT2D eigenvalue weighted by molar-refractivity contribution is -0.138. The Bertz CT molecular complexity index is 3340. The molecule has 4 nitrogen and oxygen atoms in total. The van der Waals surface area contributed by atoms with Crippen molar-refractivity contribution in [3.63, 3.8) is 0 Å². The lowest BCUT2D eigenvalue weighted by Gasteiger charge is -2.21. The van der Waals surface area contributed by atoms with Crippen molar-refractivity contribution in [2.24, 2.45) is 0 Å². The lowest BCUT2D eigenvalue weighted by atomic mass is 9.91. The molecule has 10 heteroatoms. The van der Waals surface area contributed by atoms with E-state index in [4.69, 9.17) is 15.0 Å². The third-order valence-corrected chi connectivity index (χ3v) is 11.6. The van der Waals surface area contributed by atoms with Gasteiger partial charge in [-0.25, -0.2) is 15.0 Å². The molecule has 0 amide bonds. The van der Waals surface area contributed by atoms with Crippen molar-refractivity contribution in [2.75, 3.05) is 0 Å². The zero-order valence-electron chi connectivity index (χ0n) is 34.9. The van der Waals surface area contributed by atoms with E-state index in [-0.39, 0.29) is 5.56 Å². The summed E-state index contributed by atoms with van der Waals surface area (Å²) in [7, 11) is 0. The van der Waals surface area contributed by atoms with Gasteiger partial charge in [0, 0.05) is 38.6 Å². The van der Waals surface area contributed by atoms with Crippen LogP contribution < -0.4 is 0 Å². The van der Waals surface area contributed by atoms with Gasteiger partial charge < -0.3 is 4.57 Å².